The first kappa shape index (κ1) is 5.85. The van der Waals surface area contributed by atoms with Crippen LogP contribution in [0.5, 0.6) is 0 Å². The third-order valence-electron chi connectivity index (χ3n) is 1.05. The van der Waals surface area contributed by atoms with Gasteiger partial charge < -0.3 is 5.14 Å². The van der Waals surface area contributed by atoms with Gasteiger partial charge in [-0.05, 0) is 17.9 Å². The summed E-state index contributed by atoms with van der Waals surface area (Å²) in [5.41, 5.74) is 1.87. The van der Waals surface area contributed by atoms with E-state index in [1.165, 1.54) is 0 Å². The minimum Gasteiger partial charge on any atom is -0.303 e. The molecular formula is C5H12N2S. The zero-order valence-electron chi connectivity index (χ0n) is 5.20. The predicted octanol–water partition coefficient (Wildman–Crippen LogP) is 0.705. The van der Waals surface area contributed by atoms with Crippen LogP contribution in [0.1, 0.15) is 0 Å². The molecule has 0 aliphatic carbocycles. The smallest absolute Gasteiger partial charge is 0.0409 e. The van der Waals surface area contributed by atoms with Crippen LogP contribution in [0.3, 0.4) is 0 Å². The standard InChI is InChI=1S/C5H12N2S/c1-8(2,6)4-3-7-5-8/h3-5,8H,6H2,1-2H3. The molecule has 0 unspecified atom stereocenters. The van der Waals surface area contributed by atoms with E-state index >= 15 is 0 Å². The fourth-order valence-corrected chi connectivity index (χ4v) is 1.61. The number of hydrogen-bond acceptors (Lipinski definition) is 2. The van der Waals surface area contributed by atoms with E-state index in [1.807, 2.05) is 11.0 Å². The average molecular weight is 132 g/mol. The van der Waals surface area contributed by atoms with Crippen molar-refractivity contribution in [2.45, 2.75) is 0 Å². The zero-order chi connectivity index (χ0) is 6.28. The second-order valence-electron chi connectivity index (χ2n) is 3.01. The first-order valence-electron chi connectivity index (χ1n) is 2.52. The Bertz CT molecular complexity index is 145. The Morgan fingerprint density at radius 2 is 2.12 bits per heavy atom. The van der Waals surface area contributed by atoms with Crippen molar-refractivity contribution in [3.05, 3.63) is 11.6 Å². The van der Waals surface area contributed by atoms with Gasteiger partial charge in [0.25, 0.3) is 0 Å². The average Bonchev–Trinajstić information content (AvgIpc) is 1.81. The zero-order valence-corrected chi connectivity index (χ0v) is 6.10. The Morgan fingerprint density at radius 1 is 1.50 bits per heavy atom. The summed E-state index contributed by atoms with van der Waals surface area (Å²) >= 11 is 0. The molecule has 0 radical (unpaired) electrons. The maximum Gasteiger partial charge on any atom is 0.0409 e. The molecule has 1 heterocycles. The van der Waals surface area contributed by atoms with E-state index in [9.17, 15) is 0 Å². The Kier molecular flexibility index (Phi) is 0.854. The summed E-state index contributed by atoms with van der Waals surface area (Å²) in [5.74, 6) is 0. The lowest BCUT2D eigenvalue weighted by molar-refractivity contribution is 1.65. The van der Waals surface area contributed by atoms with Crippen LogP contribution in [0.2, 0.25) is 0 Å². The summed E-state index contributed by atoms with van der Waals surface area (Å²) in [6.45, 7) is 0. The van der Waals surface area contributed by atoms with Crippen LogP contribution in [0, 0.1) is 0 Å². The highest BCUT2D eigenvalue weighted by Crippen LogP contribution is 2.55. The van der Waals surface area contributed by atoms with E-state index in [1.54, 1.807) is 6.20 Å². The number of thiol groups is 1. The third kappa shape index (κ3) is 1.11. The lowest BCUT2D eigenvalue weighted by atomic mass is 11.1. The van der Waals surface area contributed by atoms with Gasteiger partial charge in [0.2, 0.25) is 0 Å². The lowest BCUT2D eigenvalue weighted by Crippen LogP contribution is -2.20. The highest BCUT2D eigenvalue weighted by Gasteiger charge is 2.20. The molecule has 1 rings (SSSR count). The molecule has 0 aromatic rings. The Hall–Kier alpha value is -0.280. The highest BCUT2D eigenvalue weighted by atomic mass is 32.3. The van der Waals surface area contributed by atoms with Crippen LogP contribution in [0.15, 0.2) is 16.6 Å². The second-order valence-corrected chi connectivity index (χ2v) is 8.42. The molecule has 0 atom stereocenters. The number of nitrogens with two attached hydrogens (primary N) is 1. The minimum absolute atomic E-state index is 1.78. The van der Waals surface area contributed by atoms with Crippen molar-refractivity contribution < 1.29 is 0 Å². The Morgan fingerprint density at radius 3 is 2.25 bits per heavy atom. The molecule has 3 heteroatoms. The fraction of sp³-hybridized carbons (Fsp3) is 0.400. The second kappa shape index (κ2) is 1.17. The van der Waals surface area contributed by atoms with Crippen molar-refractivity contribution in [2.75, 3.05) is 12.5 Å². The van der Waals surface area contributed by atoms with Gasteiger partial charge in [0.15, 0.2) is 0 Å². The minimum atomic E-state index is -1.96. The normalized spacial score (nSPS) is 34.1. The molecule has 0 saturated carbocycles. The van der Waals surface area contributed by atoms with Crippen molar-refractivity contribution in [3.63, 3.8) is 0 Å². The Labute approximate surface area is 49.9 Å². The van der Waals surface area contributed by atoms with E-state index in [0.717, 1.165) is 0 Å². The maximum atomic E-state index is 5.92. The van der Waals surface area contributed by atoms with Gasteiger partial charge in [-0.2, -0.15) is 0 Å². The molecule has 0 saturated heterocycles. The lowest BCUT2D eigenvalue weighted by Gasteiger charge is -2.41. The molecule has 8 heavy (non-hydrogen) atoms. The van der Waals surface area contributed by atoms with Gasteiger partial charge in [0.1, 0.15) is 0 Å². The summed E-state index contributed by atoms with van der Waals surface area (Å²) in [7, 11) is -1.96. The summed E-state index contributed by atoms with van der Waals surface area (Å²) in [4.78, 5) is 3.94. The van der Waals surface area contributed by atoms with Gasteiger partial charge >= 0.3 is 0 Å². The predicted molar refractivity (Wildman–Crippen MR) is 42.7 cm³/mol. The molecule has 0 spiro atoms. The third-order valence-corrected chi connectivity index (χ3v) is 2.99. The van der Waals surface area contributed by atoms with Crippen molar-refractivity contribution >= 4 is 14.9 Å². The first-order chi connectivity index (χ1) is 3.47. The topological polar surface area (TPSA) is 38.4 Å². The summed E-state index contributed by atoms with van der Waals surface area (Å²) < 4.78 is 0. The van der Waals surface area contributed by atoms with Crippen molar-refractivity contribution in [1.29, 1.82) is 0 Å². The van der Waals surface area contributed by atoms with E-state index in [-0.39, 0.29) is 0 Å². The first-order valence-corrected chi connectivity index (χ1v) is 5.86. The number of aliphatic imine (C=N–C) groups is 1. The van der Waals surface area contributed by atoms with Crippen LogP contribution in [-0.2, 0) is 0 Å². The van der Waals surface area contributed by atoms with Crippen LogP contribution in [-0.4, -0.2) is 18.1 Å². The quantitative estimate of drug-likeness (QED) is 0.468. The highest BCUT2D eigenvalue weighted by molar-refractivity contribution is 8.58. The SMILES string of the molecule is C[SH]1(C)(N)C=CN=C1. The molecule has 2 N–H and O–H groups in total. The van der Waals surface area contributed by atoms with Crippen LogP contribution >= 0.6 is 9.35 Å². The summed E-state index contributed by atoms with van der Waals surface area (Å²) in [6.07, 6.45) is 5.88. The van der Waals surface area contributed by atoms with Gasteiger partial charge in [0.05, 0.1) is 0 Å². The van der Waals surface area contributed by atoms with Gasteiger partial charge in [-0.15, -0.1) is 0 Å². The molecule has 0 bridgehead atoms. The molecule has 0 aromatic carbocycles. The van der Waals surface area contributed by atoms with E-state index < -0.39 is 9.35 Å². The van der Waals surface area contributed by atoms with Gasteiger partial charge in [-0.25, -0.2) is 9.35 Å². The maximum absolute atomic E-state index is 5.92. The Balaban J connectivity index is 3.02. The van der Waals surface area contributed by atoms with Crippen LogP contribution < -0.4 is 5.14 Å². The van der Waals surface area contributed by atoms with Gasteiger partial charge in [-0.3, -0.25) is 4.99 Å². The molecule has 1 aliphatic rings. The van der Waals surface area contributed by atoms with E-state index in [4.69, 9.17) is 5.14 Å². The van der Waals surface area contributed by atoms with Crippen molar-refractivity contribution in [1.82, 2.24) is 0 Å². The fourth-order valence-electron chi connectivity index (χ4n) is 0.536. The molecule has 0 aromatic heterocycles. The molecule has 0 fully saturated rings. The molecule has 1 aliphatic heterocycles. The number of nitrogens with zero attached hydrogens (tertiary/aromatic N) is 1. The monoisotopic (exact) mass is 132 g/mol. The van der Waals surface area contributed by atoms with Gasteiger partial charge in [-0.1, -0.05) is 0 Å². The molecule has 0 amide bonds. The van der Waals surface area contributed by atoms with E-state index in [0.29, 0.717) is 0 Å². The van der Waals surface area contributed by atoms with Gasteiger partial charge in [0, 0.05) is 11.7 Å². The summed E-state index contributed by atoms with van der Waals surface area (Å²) in [6, 6.07) is 0. The molecule has 2 nitrogen and oxygen atoms in total. The molecule has 48 valence electrons. The van der Waals surface area contributed by atoms with E-state index in [2.05, 4.69) is 17.5 Å². The van der Waals surface area contributed by atoms with Crippen LogP contribution in [0.4, 0.5) is 0 Å². The number of rotatable bonds is 0. The summed E-state index contributed by atoms with van der Waals surface area (Å²) in [5, 5.41) is 7.92. The largest absolute Gasteiger partial charge is 0.303 e. The van der Waals surface area contributed by atoms with Crippen molar-refractivity contribution in [2.24, 2.45) is 10.1 Å². The van der Waals surface area contributed by atoms with Crippen LogP contribution in [0.25, 0.3) is 0 Å². The molecular weight excluding hydrogens is 120 g/mol. The van der Waals surface area contributed by atoms with Crippen molar-refractivity contribution in [3.8, 4) is 0 Å². The number of hydrogen-bond donors (Lipinski definition) is 2.